The molecule has 0 saturated heterocycles. The number of carboxylic acids is 1. The van der Waals surface area contributed by atoms with E-state index in [4.69, 9.17) is 0 Å². The van der Waals surface area contributed by atoms with Gasteiger partial charge in [0.1, 0.15) is 0 Å². The van der Waals surface area contributed by atoms with Crippen LogP contribution < -0.4 is 0 Å². The van der Waals surface area contributed by atoms with Gasteiger partial charge in [0.2, 0.25) is 0 Å². The van der Waals surface area contributed by atoms with Gasteiger partial charge in [0.05, 0.1) is 5.56 Å². The molecule has 0 atom stereocenters. The van der Waals surface area contributed by atoms with Crippen LogP contribution in [-0.2, 0) is 13.5 Å². The van der Waals surface area contributed by atoms with Crippen LogP contribution in [-0.4, -0.2) is 15.6 Å². The Balaban J connectivity index is 2.24. The van der Waals surface area contributed by atoms with Gasteiger partial charge < -0.3 is 9.67 Å². The average Bonchev–Trinajstić information content (AvgIpc) is 3.04. The lowest BCUT2D eigenvalue weighted by Crippen LogP contribution is -2.00. The Morgan fingerprint density at radius 3 is 2.65 bits per heavy atom. The quantitative estimate of drug-likeness (QED) is 0.913. The van der Waals surface area contributed by atoms with Crippen molar-refractivity contribution in [3.8, 4) is 0 Å². The van der Waals surface area contributed by atoms with E-state index in [1.54, 1.807) is 6.07 Å². The molecule has 3 nitrogen and oxygen atoms in total. The zero-order valence-corrected chi connectivity index (χ0v) is 12.1. The molecule has 0 amide bonds. The predicted molar refractivity (Wildman–Crippen MR) is 80.5 cm³/mol. The normalized spacial score (nSPS) is 16.1. The number of fused-ring (bicyclic) bond motifs is 1. The highest BCUT2D eigenvalue weighted by Gasteiger charge is 2.25. The Morgan fingerprint density at radius 2 is 2.05 bits per heavy atom. The fourth-order valence-electron chi connectivity index (χ4n) is 3.75. The minimum Gasteiger partial charge on any atom is -0.478 e. The molecule has 0 aliphatic heterocycles. The van der Waals surface area contributed by atoms with Crippen molar-refractivity contribution in [2.45, 2.75) is 44.9 Å². The van der Waals surface area contributed by atoms with E-state index < -0.39 is 5.97 Å². The molecule has 1 aromatic carbocycles. The third kappa shape index (κ3) is 1.92. The van der Waals surface area contributed by atoms with Gasteiger partial charge in [-0.3, -0.25) is 0 Å². The summed E-state index contributed by atoms with van der Waals surface area (Å²) in [5.41, 5.74) is 4.27. The molecule has 1 aliphatic rings. The van der Waals surface area contributed by atoms with Crippen molar-refractivity contribution in [3.05, 3.63) is 35.0 Å². The molecule has 0 spiro atoms. The molecular weight excluding hydrogens is 250 g/mol. The van der Waals surface area contributed by atoms with Gasteiger partial charge in [-0.2, -0.15) is 0 Å². The highest BCUT2D eigenvalue weighted by atomic mass is 16.4. The lowest BCUT2D eigenvalue weighted by atomic mass is 9.93. The fraction of sp³-hybridized carbons (Fsp3) is 0.471. The number of aryl methyl sites for hydroxylation is 1. The standard InChI is InChI=1S/C17H21NO2/c1-3-14-16(11-6-4-5-7-11)13-9-8-12(17(19)20)10-15(13)18(14)2/h8-11H,3-7H2,1-2H3,(H,19,20). The van der Waals surface area contributed by atoms with E-state index in [0.717, 1.165) is 11.9 Å². The minimum atomic E-state index is -0.853. The maximum atomic E-state index is 11.2. The summed E-state index contributed by atoms with van der Waals surface area (Å²) in [5, 5.41) is 10.4. The van der Waals surface area contributed by atoms with Gasteiger partial charge in [-0.05, 0) is 42.9 Å². The van der Waals surface area contributed by atoms with Crippen LogP contribution in [0.3, 0.4) is 0 Å². The number of hydrogen-bond acceptors (Lipinski definition) is 1. The van der Waals surface area contributed by atoms with Crippen LogP contribution in [0.5, 0.6) is 0 Å². The van der Waals surface area contributed by atoms with Gasteiger partial charge in [0.25, 0.3) is 0 Å². The number of aromatic nitrogens is 1. The molecule has 3 rings (SSSR count). The topological polar surface area (TPSA) is 42.2 Å². The zero-order chi connectivity index (χ0) is 14.3. The fourth-order valence-corrected chi connectivity index (χ4v) is 3.75. The van der Waals surface area contributed by atoms with Crippen molar-refractivity contribution in [2.75, 3.05) is 0 Å². The maximum absolute atomic E-state index is 11.2. The molecule has 1 aliphatic carbocycles. The zero-order valence-electron chi connectivity index (χ0n) is 12.1. The maximum Gasteiger partial charge on any atom is 0.335 e. The van der Waals surface area contributed by atoms with E-state index in [0.29, 0.717) is 11.5 Å². The third-order valence-corrected chi connectivity index (χ3v) is 4.71. The number of rotatable bonds is 3. The van der Waals surface area contributed by atoms with Crippen molar-refractivity contribution >= 4 is 16.9 Å². The van der Waals surface area contributed by atoms with Gasteiger partial charge in [0.15, 0.2) is 0 Å². The molecule has 1 aromatic heterocycles. The lowest BCUT2D eigenvalue weighted by Gasteiger charge is -2.11. The van der Waals surface area contributed by atoms with Gasteiger partial charge in [0, 0.05) is 23.6 Å². The second-order valence-electron chi connectivity index (χ2n) is 5.79. The van der Waals surface area contributed by atoms with Crippen LogP contribution in [0.2, 0.25) is 0 Å². The van der Waals surface area contributed by atoms with Crippen LogP contribution in [0.4, 0.5) is 0 Å². The van der Waals surface area contributed by atoms with Crippen molar-refractivity contribution in [3.63, 3.8) is 0 Å². The summed E-state index contributed by atoms with van der Waals surface area (Å²) in [6.45, 7) is 2.19. The lowest BCUT2D eigenvalue weighted by molar-refractivity contribution is 0.0697. The summed E-state index contributed by atoms with van der Waals surface area (Å²) in [6, 6.07) is 5.56. The van der Waals surface area contributed by atoms with Gasteiger partial charge >= 0.3 is 5.97 Å². The van der Waals surface area contributed by atoms with Crippen molar-refractivity contribution in [1.29, 1.82) is 0 Å². The monoisotopic (exact) mass is 271 g/mol. The molecule has 0 bridgehead atoms. The number of carbonyl (C=O) groups is 1. The number of nitrogens with zero attached hydrogens (tertiary/aromatic N) is 1. The van der Waals surface area contributed by atoms with Crippen LogP contribution in [0, 0.1) is 0 Å². The largest absolute Gasteiger partial charge is 0.478 e. The summed E-state index contributed by atoms with van der Waals surface area (Å²) in [5.74, 6) is -0.196. The molecule has 2 aromatic rings. The Labute approximate surface area is 119 Å². The second kappa shape index (κ2) is 4.97. The second-order valence-corrected chi connectivity index (χ2v) is 5.79. The molecule has 1 saturated carbocycles. The van der Waals surface area contributed by atoms with E-state index in [1.165, 1.54) is 42.3 Å². The molecule has 1 heterocycles. The molecule has 0 radical (unpaired) electrons. The molecular formula is C17H21NO2. The van der Waals surface area contributed by atoms with Crippen LogP contribution in [0.1, 0.15) is 60.1 Å². The van der Waals surface area contributed by atoms with Gasteiger partial charge in [-0.15, -0.1) is 0 Å². The number of aromatic carboxylic acids is 1. The number of carboxylic acid groups (broad SMARTS) is 1. The first-order valence-corrected chi connectivity index (χ1v) is 7.48. The highest BCUT2D eigenvalue weighted by Crippen LogP contribution is 2.41. The first kappa shape index (κ1) is 13.2. The summed E-state index contributed by atoms with van der Waals surface area (Å²) in [6.07, 6.45) is 6.17. The van der Waals surface area contributed by atoms with E-state index in [2.05, 4.69) is 18.5 Å². The summed E-state index contributed by atoms with van der Waals surface area (Å²) in [7, 11) is 2.06. The van der Waals surface area contributed by atoms with Crippen LogP contribution in [0.15, 0.2) is 18.2 Å². The van der Waals surface area contributed by atoms with Crippen LogP contribution >= 0.6 is 0 Å². The smallest absolute Gasteiger partial charge is 0.335 e. The Hall–Kier alpha value is -1.77. The summed E-state index contributed by atoms with van der Waals surface area (Å²) >= 11 is 0. The van der Waals surface area contributed by atoms with Gasteiger partial charge in [-0.1, -0.05) is 25.8 Å². The molecule has 1 N–H and O–H groups in total. The molecule has 106 valence electrons. The summed E-state index contributed by atoms with van der Waals surface area (Å²) in [4.78, 5) is 11.2. The van der Waals surface area contributed by atoms with Crippen molar-refractivity contribution in [2.24, 2.45) is 7.05 Å². The highest BCUT2D eigenvalue weighted by molar-refractivity contribution is 5.95. The van der Waals surface area contributed by atoms with E-state index >= 15 is 0 Å². The molecule has 0 unspecified atom stereocenters. The first-order chi connectivity index (χ1) is 9.63. The molecule has 1 fully saturated rings. The van der Waals surface area contributed by atoms with Crippen molar-refractivity contribution in [1.82, 2.24) is 4.57 Å². The molecule has 20 heavy (non-hydrogen) atoms. The SMILES string of the molecule is CCc1c(C2CCCC2)c2ccc(C(=O)O)cc2n1C. The Morgan fingerprint density at radius 1 is 1.35 bits per heavy atom. The van der Waals surface area contributed by atoms with Crippen LogP contribution in [0.25, 0.3) is 10.9 Å². The number of hydrogen-bond donors (Lipinski definition) is 1. The first-order valence-electron chi connectivity index (χ1n) is 7.48. The Kier molecular flexibility index (Phi) is 3.28. The van der Waals surface area contributed by atoms with Crippen molar-refractivity contribution < 1.29 is 9.90 Å². The van der Waals surface area contributed by atoms with Gasteiger partial charge in [-0.25, -0.2) is 4.79 Å². The molecule has 3 heteroatoms. The van der Waals surface area contributed by atoms with E-state index in [1.807, 2.05) is 12.1 Å². The average molecular weight is 271 g/mol. The minimum absolute atomic E-state index is 0.374. The third-order valence-electron chi connectivity index (χ3n) is 4.71. The number of benzene rings is 1. The summed E-state index contributed by atoms with van der Waals surface area (Å²) < 4.78 is 2.19. The predicted octanol–water partition coefficient (Wildman–Crippen LogP) is 4.10. The Bertz CT molecular complexity index is 663. The van der Waals surface area contributed by atoms with E-state index in [9.17, 15) is 9.90 Å². The van der Waals surface area contributed by atoms with E-state index in [-0.39, 0.29) is 0 Å².